The molecule has 106 valence electrons. The van der Waals surface area contributed by atoms with E-state index in [1.807, 2.05) is 23.4 Å². The minimum absolute atomic E-state index is 0.0496. The van der Waals surface area contributed by atoms with Gasteiger partial charge in [-0.3, -0.25) is 9.69 Å². The average molecular weight is 310 g/mol. The fraction of sp³-hybridized carbons (Fsp3) is 0.267. The minimum atomic E-state index is 0.0496. The van der Waals surface area contributed by atoms with Gasteiger partial charge in [0.2, 0.25) is 0 Å². The number of carbonyl (C=O) groups excluding carboxylic acids is 1. The minimum Gasteiger partial charge on any atom is -0.495 e. The number of benzene rings is 1. The average Bonchev–Trinajstić information content (AvgIpc) is 2.91. The van der Waals surface area contributed by atoms with Crippen molar-refractivity contribution in [2.24, 2.45) is 0 Å². The van der Waals surface area contributed by atoms with Crippen LogP contribution in [0.25, 0.3) is 0 Å². The van der Waals surface area contributed by atoms with Crippen LogP contribution in [0.5, 0.6) is 5.75 Å². The molecular formula is C15H16ClNO2S. The van der Waals surface area contributed by atoms with E-state index in [1.54, 1.807) is 36.6 Å². The van der Waals surface area contributed by atoms with Crippen molar-refractivity contribution in [3.05, 3.63) is 51.2 Å². The third-order valence-electron chi connectivity index (χ3n) is 2.89. The van der Waals surface area contributed by atoms with E-state index in [2.05, 4.69) is 6.07 Å². The Kier molecular flexibility index (Phi) is 5.17. The lowest BCUT2D eigenvalue weighted by atomic mass is 10.1. The van der Waals surface area contributed by atoms with Crippen molar-refractivity contribution < 1.29 is 9.53 Å². The molecule has 0 atom stereocenters. The summed E-state index contributed by atoms with van der Waals surface area (Å²) in [6.07, 6.45) is 0. The van der Waals surface area contributed by atoms with Gasteiger partial charge in [-0.15, -0.1) is 11.3 Å². The molecule has 0 fully saturated rings. The molecule has 1 aromatic heterocycles. The molecule has 2 aromatic rings. The lowest BCUT2D eigenvalue weighted by Crippen LogP contribution is -2.25. The predicted octanol–water partition coefficient (Wildman–Crippen LogP) is 3.72. The molecule has 0 aliphatic carbocycles. The number of hydrogen-bond acceptors (Lipinski definition) is 4. The Bertz CT molecular complexity index is 584. The fourth-order valence-electron chi connectivity index (χ4n) is 1.90. The normalized spacial score (nSPS) is 10.8. The number of thiophene rings is 1. The fourth-order valence-corrected chi connectivity index (χ4v) is 2.94. The van der Waals surface area contributed by atoms with Crippen LogP contribution in [0.1, 0.15) is 15.2 Å². The molecule has 3 nitrogen and oxygen atoms in total. The molecular weight excluding hydrogens is 294 g/mol. The highest BCUT2D eigenvalue weighted by atomic mass is 35.5. The zero-order valence-electron chi connectivity index (χ0n) is 11.4. The van der Waals surface area contributed by atoms with Gasteiger partial charge in [0.05, 0.1) is 18.7 Å². The maximum atomic E-state index is 12.2. The van der Waals surface area contributed by atoms with Crippen LogP contribution in [0.15, 0.2) is 35.7 Å². The summed E-state index contributed by atoms with van der Waals surface area (Å²) in [6, 6.07) is 9.19. The number of rotatable bonds is 6. The van der Waals surface area contributed by atoms with Crippen LogP contribution in [0.4, 0.5) is 0 Å². The molecule has 1 aromatic carbocycles. The standard InChI is InChI=1S/C15H16ClNO2S/c1-17(9-12-4-3-7-20-12)10-14(18)11-5-6-15(19-2)13(16)8-11/h3-8H,9-10H2,1-2H3. The largest absolute Gasteiger partial charge is 0.495 e. The first kappa shape index (κ1) is 15.0. The summed E-state index contributed by atoms with van der Waals surface area (Å²) in [5, 5.41) is 2.49. The SMILES string of the molecule is COc1ccc(C(=O)CN(C)Cc2cccs2)cc1Cl. The lowest BCUT2D eigenvalue weighted by molar-refractivity contribution is 0.0943. The number of carbonyl (C=O) groups is 1. The smallest absolute Gasteiger partial charge is 0.176 e. The van der Waals surface area contributed by atoms with Crippen molar-refractivity contribution in [3.63, 3.8) is 0 Å². The van der Waals surface area contributed by atoms with Gasteiger partial charge < -0.3 is 4.74 Å². The molecule has 0 bridgehead atoms. The second kappa shape index (κ2) is 6.88. The summed E-state index contributed by atoms with van der Waals surface area (Å²) in [5.41, 5.74) is 0.605. The summed E-state index contributed by atoms with van der Waals surface area (Å²) < 4.78 is 5.08. The highest BCUT2D eigenvalue weighted by Gasteiger charge is 2.12. The highest BCUT2D eigenvalue weighted by molar-refractivity contribution is 7.09. The second-order valence-corrected chi connectivity index (χ2v) is 5.96. The first-order valence-electron chi connectivity index (χ1n) is 6.18. The van der Waals surface area contributed by atoms with Crippen LogP contribution in [-0.2, 0) is 6.54 Å². The van der Waals surface area contributed by atoms with Crippen LogP contribution in [-0.4, -0.2) is 31.4 Å². The quantitative estimate of drug-likeness (QED) is 0.762. The second-order valence-electron chi connectivity index (χ2n) is 4.52. The Labute approximate surface area is 127 Å². The van der Waals surface area contributed by atoms with Crippen LogP contribution in [0.3, 0.4) is 0 Å². The van der Waals surface area contributed by atoms with Gasteiger partial charge in [0.25, 0.3) is 0 Å². The van der Waals surface area contributed by atoms with E-state index in [-0.39, 0.29) is 5.78 Å². The molecule has 0 spiro atoms. The van der Waals surface area contributed by atoms with Gasteiger partial charge in [0.15, 0.2) is 5.78 Å². The van der Waals surface area contributed by atoms with Crippen molar-refractivity contribution in [1.29, 1.82) is 0 Å². The summed E-state index contributed by atoms with van der Waals surface area (Å²) in [4.78, 5) is 15.4. The molecule has 20 heavy (non-hydrogen) atoms. The van der Waals surface area contributed by atoms with Crippen molar-refractivity contribution >= 4 is 28.7 Å². The molecule has 0 aliphatic rings. The Morgan fingerprint density at radius 3 is 2.80 bits per heavy atom. The lowest BCUT2D eigenvalue weighted by Gasteiger charge is -2.15. The number of Topliss-reactive ketones (excluding diaryl/α,β-unsaturated/α-hetero) is 1. The van der Waals surface area contributed by atoms with Crippen molar-refractivity contribution in [1.82, 2.24) is 4.90 Å². The number of hydrogen-bond donors (Lipinski definition) is 0. The number of likely N-dealkylation sites (N-methyl/N-ethyl adjacent to an activating group) is 1. The highest BCUT2D eigenvalue weighted by Crippen LogP contribution is 2.25. The summed E-state index contributed by atoms with van der Waals surface area (Å²) in [7, 11) is 3.49. The zero-order valence-corrected chi connectivity index (χ0v) is 13.0. The number of halogens is 1. The first-order valence-corrected chi connectivity index (χ1v) is 7.43. The van der Waals surface area contributed by atoms with Crippen LogP contribution in [0, 0.1) is 0 Å². The number of ketones is 1. The van der Waals surface area contributed by atoms with Gasteiger partial charge in [-0.25, -0.2) is 0 Å². The Hall–Kier alpha value is -1.36. The third-order valence-corrected chi connectivity index (χ3v) is 4.05. The molecule has 0 radical (unpaired) electrons. The topological polar surface area (TPSA) is 29.5 Å². The van der Waals surface area contributed by atoms with Crippen molar-refractivity contribution in [2.45, 2.75) is 6.54 Å². The van der Waals surface area contributed by atoms with Crippen LogP contribution < -0.4 is 4.74 Å². The van der Waals surface area contributed by atoms with E-state index in [9.17, 15) is 4.79 Å². The van der Waals surface area contributed by atoms with Gasteiger partial charge in [0, 0.05) is 17.0 Å². The summed E-state index contributed by atoms with van der Waals surface area (Å²) >= 11 is 7.73. The van der Waals surface area contributed by atoms with Gasteiger partial charge in [-0.1, -0.05) is 17.7 Å². The zero-order chi connectivity index (χ0) is 14.5. The van der Waals surface area contributed by atoms with Gasteiger partial charge in [-0.2, -0.15) is 0 Å². The van der Waals surface area contributed by atoms with Gasteiger partial charge >= 0.3 is 0 Å². The summed E-state index contributed by atoms with van der Waals surface area (Å²) in [6.45, 7) is 1.13. The molecule has 0 unspecified atom stereocenters. The molecule has 1 heterocycles. The van der Waals surface area contributed by atoms with Crippen molar-refractivity contribution in [3.8, 4) is 5.75 Å². The molecule has 0 saturated carbocycles. The number of methoxy groups -OCH3 is 1. The first-order chi connectivity index (χ1) is 9.60. The maximum absolute atomic E-state index is 12.2. The third kappa shape index (κ3) is 3.82. The number of nitrogens with zero attached hydrogens (tertiary/aromatic N) is 1. The van der Waals surface area contributed by atoms with E-state index in [4.69, 9.17) is 16.3 Å². The Morgan fingerprint density at radius 1 is 1.40 bits per heavy atom. The molecule has 5 heteroatoms. The molecule has 2 rings (SSSR count). The van der Waals surface area contributed by atoms with Gasteiger partial charge in [0.1, 0.15) is 5.75 Å². The van der Waals surface area contributed by atoms with E-state index in [1.165, 1.54) is 4.88 Å². The molecule has 0 amide bonds. The van der Waals surface area contributed by atoms with E-state index in [0.717, 1.165) is 6.54 Å². The predicted molar refractivity (Wildman–Crippen MR) is 83.0 cm³/mol. The Morgan fingerprint density at radius 2 is 2.20 bits per heavy atom. The van der Waals surface area contributed by atoms with Crippen molar-refractivity contribution in [2.75, 3.05) is 20.7 Å². The van der Waals surface area contributed by atoms with Crippen LogP contribution >= 0.6 is 22.9 Å². The van der Waals surface area contributed by atoms with E-state index < -0.39 is 0 Å². The number of ether oxygens (including phenoxy) is 1. The monoisotopic (exact) mass is 309 g/mol. The maximum Gasteiger partial charge on any atom is 0.176 e. The Balaban J connectivity index is 1.99. The van der Waals surface area contributed by atoms with Gasteiger partial charge in [-0.05, 0) is 36.7 Å². The molecule has 0 aliphatic heterocycles. The van der Waals surface area contributed by atoms with E-state index >= 15 is 0 Å². The van der Waals surface area contributed by atoms with E-state index in [0.29, 0.717) is 22.9 Å². The molecule has 0 N–H and O–H groups in total. The van der Waals surface area contributed by atoms with Crippen LogP contribution in [0.2, 0.25) is 5.02 Å². The molecule has 0 saturated heterocycles. The summed E-state index contributed by atoms with van der Waals surface area (Å²) in [5.74, 6) is 0.628.